The van der Waals surface area contributed by atoms with Gasteiger partial charge in [0.25, 0.3) is 5.91 Å². The number of amides is 1. The highest BCUT2D eigenvalue weighted by Gasteiger charge is 2.10. The lowest BCUT2D eigenvalue weighted by Crippen LogP contribution is -2.34. The van der Waals surface area contributed by atoms with Gasteiger partial charge in [0, 0.05) is 26.7 Å². The largest absolute Gasteiger partial charge is 0.455 e. The predicted octanol–water partition coefficient (Wildman–Crippen LogP) is 0.0463. The van der Waals surface area contributed by atoms with Crippen LogP contribution in [0.25, 0.3) is 0 Å². The van der Waals surface area contributed by atoms with Gasteiger partial charge in [-0.05, 0) is 19.2 Å². The Morgan fingerprint density at radius 2 is 2.28 bits per heavy atom. The molecule has 18 heavy (non-hydrogen) atoms. The van der Waals surface area contributed by atoms with E-state index in [0.717, 1.165) is 13.1 Å². The van der Waals surface area contributed by atoms with Gasteiger partial charge in [0.05, 0.1) is 13.2 Å². The van der Waals surface area contributed by atoms with Gasteiger partial charge in [-0.2, -0.15) is 0 Å². The molecule has 0 aliphatic rings. The van der Waals surface area contributed by atoms with Gasteiger partial charge in [0.2, 0.25) is 0 Å². The first-order valence-corrected chi connectivity index (χ1v) is 5.92. The van der Waals surface area contributed by atoms with Crippen LogP contribution in [-0.4, -0.2) is 51.2 Å². The summed E-state index contributed by atoms with van der Waals surface area (Å²) in [5, 5.41) is 2.79. The molecule has 1 amide bonds. The first kappa shape index (κ1) is 14.7. The van der Waals surface area contributed by atoms with Gasteiger partial charge in [0.1, 0.15) is 5.76 Å². The number of furan rings is 1. The Hall–Kier alpha value is -1.37. The molecule has 0 saturated carbocycles. The number of rotatable bonds is 8. The standard InChI is InChI=1S/C12H21N3O3/c1-15(7-8-17-2)6-5-14-12(16)11-4-3-10(9-13)18-11/h3-4H,5-9,13H2,1-2H3,(H,14,16). The van der Waals surface area contributed by atoms with Crippen molar-refractivity contribution in [2.45, 2.75) is 6.54 Å². The average molecular weight is 255 g/mol. The molecule has 1 aromatic rings. The Labute approximate surface area is 107 Å². The molecular weight excluding hydrogens is 234 g/mol. The molecule has 6 nitrogen and oxygen atoms in total. The molecule has 0 radical (unpaired) electrons. The van der Waals surface area contributed by atoms with Crippen LogP contribution in [0.15, 0.2) is 16.5 Å². The summed E-state index contributed by atoms with van der Waals surface area (Å²) in [7, 11) is 3.64. The smallest absolute Gasteiger partial charge is 0.287 e. The van der Waals surface area contributed by atoms with Crippen molar-refractivity contribution < 1.29 is 13.9 Å². The third-order valence-corrected chi connectivity index (χ3v) is 2.54. The molecule has 0 spiro atoms. The summed E-state index contributed by atoms with van der Waals surface area (Å²) in [5.74, 6) is 0.696. The van der Waals surface area contributed by atoms with Gasteiger partial charge in [0.15, 0.2) is 5.76 Å². The van der Waals surface area contributed by atoms with Gasteiger partial charge >= 0.3 is 0 Å². The SMILES string of the molecule is COCCN(C)CCNC(=O)c1ccc(CN)o1. The van der Waals surface area contributed by atoms with Gasteiger partial charge in [-0.15, -0.1) is 0 Å². The Morgan fingerprint density at radius 3 is 2.89 bits per heavy atom. The topological polar surface area (TPSA) is 80.7 Å². The molecule has 6 heteroatoms. The number of hydrogen-bond acceptors (Lipinski definition) is 5. The van der Waals surface area contributed by atoms with Gasteiger partial charge in [-0.1, -0.05) is 0 Å². The minimum atomic E-state index is -0.213. The van der Waals surface area contributed by atoms with E-state index in [-0.39, 0.29) is 5.91 Å². The van der Waals surface area contributed by atoms with E-state index < -0.39 is 0 Å². The predicted molar refractivity (Wildman–Crippen MR) is 68.3 cm³/mol. The van der Waals surface area contributed by atoms with Gasteiger partial charge in [-0.25, -0.2) is 0 Å². The number of carbonyl (C=O) groups excluding carboxylic acids is 1. The van der Waals surface area contributed by atoms with E-state index in [4.69, 9.17) is 14.9 Å². The second-order valence-corrected chi connectivity index (χ2v) is 4.02. The third kappa shape index (κ3) is 4.87. The molecule has 0 aliphatic carbocycles. The first-order chi connectivity index (χ1) is 8.67. The lowest BCUT2D eigenvalue weighted by Gasteiger charge is -2.15. The lowest BCUT2D eigenvalue weighted by atomic mass is 10.4. The Morgan fingerprint density at radius 1 is 1.50 bits per heavy atom. The molecule has 1 heterocycles. The molecule has 3 N–H and O–H groups in total. The summed E-state index contributed by atoms with van der Waals surface area (Å²) in [5.41, 5.74) is 5.41. The van der Waals surface area contributed by atoms with Crippen molar-refractivity contribution in [1.29, 1.82) is 0 Å². The van der Waals surface area contributed by atoms with Crippen molar-refractivity contribution in [1.82, 2.24) is 10.2 Å². The van der Waals surface area contributed by atoms with Crippen molar-refractivity contribution in [2.24, 2.45) is 5.73 Å². The number of carbonyl (C=O) groups is 1. The van der Waals surface area contributed by atoms with Crippen molar-refractivity contribution in [3.05, 3.63) is 23.7 Å². The molecule has 0 aliphatic heterocycles. The van der Waals surface area contributed by atoms with Crippen LogP contribution in [-0.2, 0) is 11.3 Å². The molecule has 0 fully saturated rings. The van der Waals surface area contributed by atoms with Crippen LogP contribution in [0.4, 0.5) is 0 Å². The van der Waals surface area contributed by atoms with E-state index in [0.29, 0.717) is 31.2 Å². The van der Waals surface area contributed by atoms with E-state index in [1.165, 1.54) is 0 Å². The van der Waals surface area contributed by atoms with Crippen LogP contribution in [0.2, 0.25) is 0 Å². The summed E-state index contributed by atoms with van der Waals surface area (Å²) in [6.45, 7) is 3.15. The number of hydrogen-bond donors (Lipinski definition) is 2. The summed E-state index contributed by atoms with van der Waals surface area (Å²) in [6, 6.07) is 3.34. The fourth-order valence-electron chi connectivity index (χ4n) is 1.42. The van der Waals surface area contributed by atoms with Crippen LogP contribution >= 0.6 is 0 Å². The summed E-state index contributed by atoms with van der Waals surface area (Å²) >= 11 is 0. The number of nitrogens with zero attached hydrogens (tertiary/aromatic N) is 1. The molecule has 1 rings (SSSR count). The lowest BCUT2D eigenvalue weighted by molar-refractivity contribution is 0.0918. The highest BCUT2D eigenvalue weighted by molar-refractivity contribution is 5.91. The fourth-order valence-corrected chi connectivity index (χ4v) is 1.42. The maximum Gasteiger partial charge on any atom is 0.287 e. The number of nitrogens with two attached hydrogens (primary N) is 1. The van der Waals surface area contributed by atoms with E-state index in [9.17, 15) is 4.79 Å². The molecule has 0 unspecified atom stereocenters. The normalized spacial score (nSPS) is 10.9. The number of methoxy groups -OCH3 is 1. The summed E-state index contributed by atoms with van der Waals surface area (Å²) < 4.78 is 10.2. The number of nitrogens with one attached hydrogen (secondary N) is 1. The zero-order valence-corrected chi connectivity index (χ0v) is 10.9. The molecule has 102 valence electrons. The van der Waals surface area contributed by atoms with Crippen molar-refractivity contribution in [3.8, 4) is 0 Å². The van der Waals surface area contributed by atoms with Crippen LogP contribution < -0.4 is 11.1 Å². The van der Waals surface area contributed by atoms with Crippen molar-refractivity contribution in [3.63, 3.8) is 0 Å². The second-order valence-electron chi connectivity index (χ2n) is 4.02. The Kier molecular flexibility index (Phi) is 6.42. The van der Waals surface area contributed by atoms with E-state index in [1.807, 2.05) is 7.05 Å². The van der Waals surface area contributed by atoms with E-state index in [2.05, 4.69) is 10.2 Å². The molecule has 1 aromatic heterocycles. The monoisotopic (exact) mass is 255 g/mol. The maximum absolute atomic E-state index is 11.7. The van der Waals surface area contributed by atoms with Gasteiger partial charge < -0.3 is 25.1 Å². The molecule has 0 atom stereocenters. The minimum Gasteiger partial charge on any atom is -0.455 e. The molecular formula is C12H21N3O3. The Bertz CT molecular complexity index is 365. The first-order valence-electron chi connectivity index (χ1n) is 5.92. The second kappa shape index (κ2) is 7.86. The van der Waals surface area contributed by atoms with Crippen LogP contribution in [0, 0.1) is 0 Å². The molecule has 0 saturated heterocycles. The average Bonchev–Trinajstić information content (AvgIpc) is 2.85. The summed E-state index contributed by atoms with van der Waals surface area (Å²) in [6.07, 6.45) is 0. The van der Waals surface area contributed by atoms with E-state index >= 15 is 0 Å². The third-order valence-electron chi connectivity index (χ3n) is 2.54. The van der Waals surface area contributed by atoms with Crippen LogP contribution in [0.1, 0.15) is 16.3 Å². The number of ether oxygens (including phenoxy) is 1. The van der Waals surface area contributed by atoms with Crippen LogP contribution in [0.3, 0.4) is 0 Å². The zero-order chi connectivity index (χ0) is 13.4. The fraction of sp³-hybridized carbons (Fsp3) is 0.583. The minimum absolute atomic E-state index is 0.213. The Balaban J connectivity index is 2.24. The van der Waals surface area contributed by atoms with Crippen LogP contribution in [0.5, 0.6) is 0 Å². The van der Waals surface area contributed by atoms with E-state index in [1.54, 1.807) is 19.2 Å². The van der Waals surface area contributed by atoms with Gasteiger partial charge in [-0.3, -0.25) is 4.79 Å². The maximum atomic E-state index is 11.7. The highest BCUT2D eigenvalue weighted by Crippen LogP contribution is 2.06. The zero-order valence-electron chi connectivity index (χ0n) is 10.9. The van der Waals surface area contributed by atoms with Crippen molar-refractivity contribution >= 4 is 5.91 Å². The van der Waals surface area contributed by atoms with Crippen molar-refractivity contribution in [2.75, 3.05) is 40.4 Å². The summed E-state index contributed by atoms with van der Waals surface area (Å²) in [4.78, 5) is 13.8. The molecule has 0 aromatic carbocycles. The number of likely N-dealkylation sites (N-methyl/N-ethyl adjacent to an activating group) is 1. The highest BCUT2D eigenvalue weighted by atomic mass is 16.5. The quantitative estimate of drug-likeness (QED) is 0.686. The molecule has 0 bridgehead atoms.